The Hall–Kier alpha value is -1.32. The molecule has 0 amide bonds. The fourth-order valence-electron chi connectivity index (χ4n) is 1.47. The van der Waals surface area contributed by atoms with Gasteiger partial charge < -0.3 is 9.30 Å². The average Bonchev–Trinajstić information content (AvgIpc) is 2.61. The monoisotopic (exact) mass is 210 g/mol. The van der Waals surface area contributed by atoms with E-state index >= 15 is 0 Å². The third kappa shape index (κ3) is 2.37. The Bertz CT molecular complexity index is 342. The van der Waals surface area contributed by atoms with Crippen LogP contribution in [0.2, 0.25) is 0 Å². The van der Waals surface area contributed by atoms with Gasteiger partial charge in [0.2, 0.25) is 0 Å². The lowest BCUT2D eigenvalue weighted by molar-refractivity contribution is 0.0510. The summed E-state index contributed by atoms with van der Waals surface area (Å²) in [5, 5.41) is 0. The van der Waals surface area contributed by atoms with Crippen molar-refractivity contribution >= 4 is 5.97 Å². The van der Waals surface area contributed by atoms with E-state index in [-0.39, 0.29) is 12.0 Å². The van der Waals surface area contributed by atoms with Crippen LogP contribution in [0.4, 0.5) is 0 Å². The number of rotatable bonds is 4. The molecular weight excluding hydrogens is 192 g/mol. The Labute approximate surface area is 90.3 Å². The zero-order chi connectivity index (χ0) is 11.4. The minimum atomic E-state index is -0.277. The zero-order valence-corrected chi connectivity index (χ0v) is 9.78. The van der Waals surface area contributed by atoms with Gasteiger partial charge in [-0.15, -0.1) is 0 Å². The molecule has 0 aliphatic heterocycles. The SMILES string of the molecule is CCOC(=O)c1c(CC)ncn1C(C)C. The second-order valence-electron chi connectivity index (χ2n) is 3.61. The molecule has 1 heterocycles. The standard InChI is InChI=1S/C11H18N2O2/c1-5-9-10(11(14)15-6-2)13(7-12-9)8(3)4/h7-8H,5-6H2,1-4H3. The Kier molecular flexibility index (Phi) is 3.88. The molecule has 1 rings (SSSR count). The van der Waals surface area contributed by atoms with Gasteiger partial charge in [-0.25, -0.2) is 9.78 Å². The van der Waals surface area contributed by atoms with Crippen LogP contribution in [0.5, 0.6) is 0 Å². The van der Waals surface area contributed by atoms with Gasteiger partial charge in [0.25, 0.3) is 0 Å². The van der Waals surface area contributed by atoms with E-state index in [2.05, 4.69) is 4.98 Å². The molecule has 0 atom stereocenters. The summed E-state index contributed by atoms with van der Waals surface area (Å²) >= 11 is 0. The Morgan fingerprint density at radius 2 is 2.20 bits per heavy atom. The van der Waals surface area contributed by atoms with E-state index in [1.807, 2.05) is 25.3 Å². The van der Waals surface area contributed by atoms with Crippen LogP contribution in [0.1, 0.15) is 49.9 Å². The van der Waals surface area contributed by atoms with Crippen LogP contribution in [0.25, 0.3) is 0 Å². The predicted molar refractivity (Wildman–Crippen MR) is 57.9 cm³/mol. The first-order chi connectivity index (χ1) is 7.11. The summed E-state index contributed by atoms with van der Waals surface area (Å²) < 4.78 is 6.88. The molecular formula is C11H18N2O2. The van der Waals surface area contributed by atoms with Crippen LogP contribution >= 0.6 is 0 Å². The molecule has 0 saturated heterocycles. The van der Waals surface area contributed by atoms with Crippen LogP contribution in [-0.2, 0) is 11.2 Å². The molecule has 4 heteroatoms. The van der Waals surface area contributed by atoms with Gasteiger partial charge in [-0.2, -0.15) is 0 Å². The van der Waals surface area contributed by atoms with Crippen LogP contribution in [0, 0.1) is 0 Å². The van der Waals surface area contributed by atoms with Gasteiger partial charge in [0.05, 0.1) is 18.6 Å². The van der Waals surface area contributed by atoms with Crippen LogP contribution in [-0.4, -0.2) is 22.1 Å². The van der Waals surface area contributed by atoms with Crippen molar-refractivity contribution in [2.45, 2.75) is 40.2 Å². The Balaban J connectivity index is 3.10. The largest absolute Gasteiger partial charge is 0.461 e. The molecule has 0 fully saturated rings. The molecule has 0 bridgehead atoms. The van der Waals surface area contributed by atoms with E-state index in [4.69, 9.17) is 4.74 Å². The summed E-state index contributed by atoms with van der Waals surface area (Å²) in [5.41, 5.74) is 1.40. The zero-order valence-electron chi connectivity index (χ0n) is 9.78. The third-order valence-electron chi connectivity index (χ3n) is 2.23. The van der Waals surface area contributed by atoms with Gasteiger partial charge in [0.1, 0.15) is 0 Å². The Morgan fingerprint density at radius 3 is 2.67 bits per heavy atom. The van der Waals surface area contributed by atoms with Gasteiger partial charge in [-0.3, -0.25) is 0 Å². The molecule has 1 aromatic rings. The van der Waals surface area contributed by atoms with Crippen molar-refractivity contribution in [3.8, 4) is 0 Å². The van der Waals surface area contributed by atoms with E-state index in [1.165, 1.54) is 0 Å². The fraction of sp³-hybridized carbons (Fsp3) is 0.636. The number of aryl methyl sites for hydroxylation is 1. The number of carbonyl (C=O) groups is 1. The summed E-state index contributed by atoms with van der Waals surface area (Å²) in [7, 11) is 0. The number of esters is 1. The van der Waals surface area contributed by atoms with Crippen molar-refractivity contribution in [3.63, 3.8) is 0 Å². The van der Waals surface area contributed by atoms with E-state index in [0.29, 0.717) is 12.3 Å². The number of hydrogen-bond acceptors (Lipinski definition) is 3. The summed E-state index contributed by atoms with van der Waals surface area (Å²) in [4.78, 5) is 15.9. The first-order valence-corrected chi connectivity index (χ1v) is 5.34. The highest BCUT2D eigenvalue weighted by Gasteiger charge is 2.19. The summed E-state index contributed by atoms with van der Waals surface area (Å²) in [6.07, 6.45) is 2.45. The normalized spacial score (nSPS) is 10.7. The highest BCUT2D eigenvalue weighted by atomic mass is 16.5. The highest BCUT2D eigenvalue weighted by molar-refractivity contribution is 5.89. The number of hydrogen-bond donors (Lipinski definition) is 0. The molecule has 0 spiro atoms. The minimum Gasteiger partial charge on any atom is -0.461 e. The van der Waals surface area contributed by atoms with Gasteiger partial charge in [-0.1, -0.05) is 6.92 Å². The van der Waals surface area contributed by atoms with E-state index in [0.717, 1.165) is 12.1 Å². The number of ether oxygens (including phenoxy) is 1. The lowest BCUT2D eigenvalue weighted by atomic mass is 10.2. The van der Waals surface area contributed by atoms with E-state index < -0.39 is 0 Å². The number of nitrogens with zero attached hydrogens (tertiary/aromatic N) is 2. The number of aromatic nitrogens is 2. The van der Waals surface area contributed by atoms with Crippen molar-refractivity contribution in [2.24, 2.45) is 0 Å². The smallest absolute Gasteiger partial charge is 0.356 e. The molecule has 4 nitrogen and oxygen atoms in total. The minimum absolute atomic E-state index is 0.220. The van der Waals surface area contributed by atoms with Crippen molar-refractivity contribution < 1.29 is 9.53 Å². The van der Waals surface area contributed by atoms with Crippen molar-refractivity contribution in [2.75, 3.05) is 6.61 Å². The lowest BCUT2D eigenvalue weighted by Gasteiger charge is -2.11. The maximum absolute atomic E-state index is 11.7. The fourth-order valence-corrected chi connectivity index (χ4v) is 1.47. The Morgan fingerprint density at radius 1 is 1.53 bits per heavy atom. The molecule has 0 saturated carbocycles. The summed E-state index contributed by atoms with van der Waals surface area (Å²) in [6.45, 7) is 8.22. The predicted octanol–water partition coefficient (Wildman–Crippen LogP) is 2.20. The second-order valence-corrected chi connectivity index (χ2v) is 3.61. The first kappa shape index (κ1) is 11.8. The van der Waals surface area contributed by atoms with E-state index in [1.54, 1.807) is 13.3 Å². The quantitative estimate of drug-likeness (QED) is 0.715. The molecule has 0 aromatic carbocycles. The molecule has 0 radical (unpaired) electrons. The molecule has 84 valence electrons. The number of carbonyl (C=O) groups excluding carboxylic acids is 1. The van der Waals surface area contributed by atoms with Crippen LogP contribution < -0.4 is 0 Å². The lowest BCUT2D eigenvalue weighted by Crippen LogP contribution is -2.15. The maximum Gasteiger partial charge on any atom is 0.356 e. The van der Waals surface area contributed by atoms with Gasteiger partial charge in [0, 0.05) is 6.04 Å². The van der Waals surface area contributed by atoms with Crippen molar-refractivity contribution in [1.29, 1.82) is 0 Å². The molecule has 1 aromatic heterocycles. The molecule has 0 aliphatic rings. The first-order valence-electron chi connectivity index (χ1n) is 5.34. The molecule has 0 unspecified atom stereocenters. The van der Waals surface area contributed by atoms with Crippen molar-refractivity contribution in [1.82, 2.24) is 9.55 Å². The van der Waals surface area contributed by atoms with Gasteiger partial charge in [-0.05, 0) is 27.2 Å². The van der Waals surface area contributed by atoms with Crippen molar-refractivity contribution in [3.05, 3.63) is 17.7 Å². The molecule has 0 aliphatic carbocycles. The number of imidazole rings is 1. The van der Waals surface area contributed by atoms with Crippen LogP contribution in [0.15, 0.2) is 6.33 Å². The maximum atomic E-state index is 11.7. The van der Waals surface area contributed by atoms with Gasteiger partial charge >= 0.3 is 5.97 Å². The summed E-state index contributed by atoms with van der Waals surface area (Å²) in [6, 6.07) is 0.220. The third-order valence-corrected chi connectivity index (χ3v) is 2.23. The topological polar surface area (TPSA) is 44.1 Å². The highest BCUT2D eigenvalue weighted by Crippen LogP contribution is 2.15. The molecule has 15 heavy (non-hydrogen) atoms. The summed E-state index contributed by atoms with van der Waals surface area (Å²) in [5.74, 6) is -0.277. The average molecular weight is 210 g/mol. The van der Waals surface area contributed by atoms with Crippen LogP contribution in [0.3, 0.4) is 0 Å². The van der Waals surface area contributed by atoms with Gasteiger partial charge in [0.15, 0.2) is 5.69 Å². The second kappa shape index (κ2) is 4.96. The van der Waals surface area contributed by atoms with E-state index in [9.17, 15) is 4.79 Å². The molecule has 0 N–H and O–H groups in total.